The molecule has 0 saturated carbocycles. The third-order valence-corrected chi connectivity index (χ3v) is 3.36. The van der Waals surface area contributed by atoms with Crippen LogP contribution >= 0.6 is 22.9 Å². The van der Waals surface area contributed by atoms with Gasteiger partial charge in [0.15, 0.2) is 0 Å². The largest absolute Gasteiger partial charge is 0.485 e. The van der Waals surface area contributed by atoms with E-state index in [1.807, 2.05) is 18.4 Å². The second-order valence-electron chi connectivity index (χ2n) is 3.40. The number of rotatable bonds is 3. The quantitative estimate of drug-likeness (QED) is 0.852. The molecule has 0 unspecified atom stereocenters. The van der Waals surface area contributed by atoms with Crippen molar-refractivity contribution in [3.8, 4) is 11.8 Å². The van der Waals surface area contributed by atoms with Crippen molar-refractivity contribution in [3.63, 3.8) is 0 Å². The zero-order chi connectivity index (χ0) is 12.3. The maximum absolute atomic E-state index is 8.97. The monoisotopic (exact) mass is 264 g/mol. The van der Waals surface area contributed by atoms with Gasteiger partial charge in [0, 0.05) is 11.1 Å². The topological polar surface area (TPSA) is 45.9 Å². The zero-order valence-corrected chi connectivity index (χ0v) is 10.7. The lowest BCUT2D eigenvalue weighted by molar-refractivity contribution is 0.304. The molecule has 1 heterocycles. The van der Waals surface area contributed by atoms with Gasteiger partial charge in [0.1, 0.15) is 29.0 Å². The normalized spacial score (nSPS) is 9.94. The number of halogens is 1. The van der Waals surface area contributed by atoms with E-state index in [0.29, 0.717) is 22.9 Å². The Morgan fingerprint density at radius 3 is 3.00 bits per heavy atom. The fraction of sp³-hybridized carbons (Fsp3) is 0.167. The Bertz CT molecular complexity index is 574. The van der Waals surface area contributed by atoms with Crippen LogP contribution in [0.1, 0.15) is 16.3 Å². The average molecular weight is 265 g/mol. The van der Waals surface area contributed by atoms with E-state index in [9.17, 15) is 0 Å². The molecule has 0 aliphatic carbocycles. The fourth-order valence-corrected chi connectivity index (χ4v) is 2.23. The highest BCUT2D eigenvalue weighted by molar-refractivity contribution is 7.09. The Kier molecular flexibility index (Phi) is 3.62. The van der Waals surface area contributed by atoms with Crippen molar-refractivity contribution in [2.24, 2.45) is 0 Å². The van der Waals surface area contributed by atoms with Crippen LogP contribution in [0.2, 0.25) is 5.02 Å². The van der Waals surface area contributed by atoms with Gasteiger partial charge in [0.2, 0.25) is 0 Å². The van der Waals surface area contributed by atoms with Gasteiger partial charge in [0.05, 0.1) is 5.02 Å². The first kappa shape index (κ1) is 11.9. The Morgan fingerprint density at radius 2 is 2.35 bits per heavy atom. The molecule has 0 amide bonds. The van der Waals surface area contributed by atoms with E-state index in [-0.39, 0.29) is 0 Å². The molecule has 0 fully saturated rings. The maximum atomic E-state index is 8.97. The molecule has 5 heteroatoms. The highest BCUT2D eigenvalue weighted by Gasteiger charge is 2.08. The number of nitrogens with zero attached hydrogens (tertiary/aromatic N) is 2. The molecule has 2 aromatic rings. The van der Waals surface area contributed by atoms with E-state index in [2.05, 4.69) is 4.98 Å². The van der Waals surface area contributed by atoms with Crippen molar-refractivity contribution >= 4 is 22.9 Å². The minimum Gasteiger partial charge on any atom is -0.485 e. The van der Waals surface area contributed by atoms with E-state index >= 15 is 0 Å². The molecule has 0 spiro atoms. The lowest BCUT2D eigenvalue weighted by Crippen LogP contribution is -1.97. The van der Waals surface area contributed by atoms with Crippen molar-refractivity contribution in [2.75, 3.05) is 0 Å². The van der Waals surface area contributed by atoms with Crippen molar-refractivity contribution in [3.05, 3.63) is 44.9 Å². The summed E-state index contributed by atoms with van der Waals surface area (Å²) in [6, 6.07) is 7.18. The Balaban J connectivity index is 2.14. The second-order valence-corrected chi connectivity index (χ2v) is 4.75. The van der Waals surface area contributed by atoms with Crippen molar-refractivity contribution < 1.29 is 4.74 Å². The van der Waals surface area contributed by atoms with Crippen molar-refractivity contribution in [1.82, 2.24) is 4.98 Å². The molecule has 2 rings (SSSR count). The molecule has 0 aliphatic rings. The molecule has 86 valence electrons. The lowest BCUT2D eigenvalue weighted by Gasteiger charge is -2.06. The summed E-state index contributed by atoms with van der Waals surface area (Å²) < 4.78 is 5.55. The molecule has 0 radical (unpaired) electrons. The average Bonchev–Trinajstić information content (AvgIpc) is 2.72. The van der Waals surface area contributed by atoms with E-state index in [1.54, 1.807) is 18.2 Å². The van der Waals surface area contributed by atoms with Crippen LogP contribution in [0.5, 0.6) is 5.75 Å². The molecular weight excluding hydrogens is 256 g/mol. The van der Waals surface area contributed by atoms with Gasteiger partial charge in [-0.15, -0.1) is 11.3 Å². The Labute approximate surface area is 108 Å². The van der Waals surface area contributed by atoms with E-state index in [4.69, 9.17) is 21.6 Å². The first-order valence-electron chi connectivity index (χ1n) is 4.93. The first-order chi connectivity index (χ1) is 8.20. The highest BCUT2D eigenvalue weighted by Crippen LogP contribution is 2.26. The minimum absolute atomic E-state index is 0.355. The molecule has 1 aromatic carbocycles. The third kappa shape index (κ3) is 2.76. The molecule has 0 bridgehead atoms. The molecule has 0 aliphatic heterocycles. The summed E-state index contributed by atoms with van der Waals surface area (Å²) in [7, 11) is 0. The van der Waals surface area contributed by atoms with Crippen LogP contribution in [0, 0.1) is 18.3 Å². The molecule has 17 heavy (non-hydrogen) atoms. The summed E-state index contributed by atoms with van der Waals surface area (Å²) in [6.45, 7) is 2.29. The van der Waals surface area contributed by atoms with Crippen LogP contribution in [0.4, 0.5) is 0 Å². The van der Waals surface area contributed by atoms with Crippen LogP contribution in [0.25, 0.3) is 0 Å². The number of benzene rings is 1. The standard InChI is InChI=1S/C12H9ClN2OS/c1-8-7-17-12(15-8)6-16-11-4-2-3-10(13)9(11)5-14/h2-4,7H,6H2,1H3. The summed E-state index contributed by atoms with van der Waals surface area (Å²) in [4.78, 5) is 4.28. The number of thiazole rings is 1. The molecule has 0 saturated heterocycles. The van der Waals surface area contributed by atoms with Crippen LogP contribution in [-0.4, -0.2) is 4.98 Å². The fourth-order valence-electron chi connectivity index (χ4n) is 1.34. The van der Waals surface area contributed by atoms with Crippen LogP contribution < -0.4 is 4.74 Å². The third-order valence-electron chi connectivity index (χ3n) is 2.10. The summed E-state index contributed by atoms with van der Waals surface area (Å²) >= 11 is 7.43. The van der Waals surface area contributed by atoms with Gasteiger partial charge < -0.3 is 4.74 Å². The van der Waals surface area contributed by atoms with Crippen molar-refractivity contribution in [1.29, 1.82) is 5.26 Å². The molecule has 0 N–H and O–H groups in total. The van der Waals surface area contributed by atoms with Gasteiger partial charge >= 0.3 is 0 Å². The van der Waals surface area contributed by atoms with E-state index < -0.39 is 0 Å². The summed E-state index contributed by atoms with van der Waals surface area (Å²) in [6.07, 6.45) is 0. The number of hydrogen-bond acceptors (Lipinski definition) is 4. The van der Waals surface area contributed by atoms with Gasteiger partial charge in [-0.25, -0.2) is 4.98 Å². The SMILES string of the molecule is Cc1csc(COc2cccc(Cl)c2C#N)n1. The van der Waals surface area contributed by atoms with Gasteiger partial charge in [-0.2, -0.15) is 5.26 Å². The number of aromatic nitrogens is 1. The summed E-state index contributed by atoms with van der Waals surface area (Å²) in [5.41, 5.74) is 1.34. The smallest absolute Gasteiger partial charge is 0.140 e. The van der Waals surface area contributed by atoms with E-state index in [0.717, 1.165) is 10.7 Å². The van der Waals surface area contributed by atoms with Gasteiger partial charge in [0.25, 0.3) is 0 Å². The second kappa shape index (κ2) is 5.17. The van der Waals surface area contributed by atoms with E-state index in [1.165, 1.54) is 11.3 Å². The molecule has 0 atom stereocenters. The van der Waals surface area contributed by atoms with Crippen LogP contribution in [0.3, 0.4) is 0 Å². The minimum atomic E-state index is 0.355. The van der Waals surface area contributed by atoms with Gasteiger partial charge in [-0.1, -0.05) is 17.7 Å². The number of nitriles is 1. The van der Waals surface area contributed by atoms with Gasteiger partial charge in [-0.3, -0.25) is 0 Å². The van der Waals surface area contributed by atoms with Crippen LogP contribution in [-0.2, 0) is 6.61 Å². The lowest BCUT2D eigenvalue weighted by atomic mass is 10.2. The maximum Gasteiger partial charge on any atom is 0.140 e. The van der Waals surface area contributed by atoms with Crippen molar-refractivity contribution in [2.45, 2.75) is 13.5 Å². The zero-order valence-electron chi connectivity index (χ0n) is 9.11. The van der Waals surface area contributed by atoms with Crippen LogP contribution in [0.15, 0.2) is 23.6 Å². The Hall–Kier alpha value is -1.57. The number of ether oxygens (including phenoxy) is 1. The Morgan fingerprint density at radius 1 is 1.53 bits per heavy atom. The molecule has 1 aromatic heterocycles. The predicted molar refractivity (Wildman–Crippen MR) is 67.4 cm³/mol. The summed E-state index contributed by atoms with van der Waals surface area (Å²) in [5.74, 6) is 0.493. The summed E-state index contributed by atoms with van der Waals surface area (Å²) in [5, 5.41) is 12.2. The molecule has 3 nitrogen and oxygen atoms in total. The first-order valence-corrected chi connectivity index (χ1v) is 6.19. The highest BCUT2D eigenvalue weighted by atomic mass is 35.5. The number of hydrogen-bond donors (Lipinski definition) is 0. The van der Waals surface area contributed by atoms with Gasteiger partial charge in [-0.05, 0) is 19.1 Å². The predicted octanol–water partition coefficient (Wildman–Crippen LogP) is 3.56. The number of aryl methyl sites for hydroxylation is 1. The molecular formula is C12H9ClN2OS.